The van der Waals surface area contributed by atoms with E-state index < -0.39 is 10.0 Å². The number of rotatable bonds is 6. The van der Waals surface area contributed by atoms with Crippen molar-refractivity contribution < 1.29 is 8.42 Å². The zero-order valence-electron chi connectivity index (χ0n) is 12.7. The molecule has 8 heteroatoms. The molecule has 1 aromatic rings. The number of nitrogens with zero attached hydrogens (tertiary/aromatic N) is 3. The maximum atomic E-state index is 12.6. The molecule has 23 heavy (non-hydrogen) atoms. The molecule has 0 bridgehead atoms. The highest BCUT2D eigenvalue weighted by atomic mass is 35.5. The zero-order chi connectivity index (χ0) is 16.9. The van der Waals surface area contributed by atoms with Crippen LogP contribution in [0, 0.1) is 11.3 Å². The van der Waals surface area contributed by atoms with E-state index in [1.807, 2.05) is 0 Å². The van der Waals surface area contributed by atoms with Gasteiger partial charge >= 0.3 is 0 Å². The number of sulfonamides is 1. The minimum absolute atomic E-state index is 0.175. The maximum absolute atomic E-state index is 12.6. The molecule has 0 aliphatic carbocycles. The lowest BCUT2D eigenvalue weighted by Gasteiger charge is -2.34. The number of benzene rings is 1. The molecular weight excluding hydrogens is 357 g/mol. The fourth-order valence-electron chi connectivity index (χ4n) is 2.52. The van der Waals surface area contributed by atoms with Crippen molar-refractivity contribution in [3.8, 4) is 6.07 Å². The summed E-state index contributed by atoms with van der Waals surface area (Å²) in [6, 6.07) is 6.52. The van der Waals surface area contributed by atoms with Gasteiger partial charge in [0.15, 0.2) is 0 Å². The normalized spacial score (nSPS) is 17.1. The van der Waals surface area contributed by atoms with Crippen molar-refractivity contribution in [2.75, 3.05) is 32.7 Å². The summed E-state index contributed by atoms with van der Waals surface area (Å²) in [4.78, 5) is 2.41. The molecule has 0 unspecified atom stereocenters. The van der Waals surface area contributed by atoms with Gasteiger partial charge in [-0.25, -0.2) is 8.42 Å². The summed E-state index contributed by atoms with van der Waals surface area (Å²) >= 11 is 11.8. The summed E-state index contributed by atoms with van der Waals surface area (Å²) in [7, 11) is -3.53. The first-order chi connectivity index (χ1) is 10.9. The second-order valence-electron chi connectivity index (χ2n) is 5.44. The van der Waals surface area contributed by atoms with Gasteiger partial charge in [0.1, 0.15) is 0 Å². The first-order valence-electron chi connectivity index (χ1n) is 7.49. The lowest BCUT2D eigenvalue weighted by atomic mass is 10.2. The molecule has 5 nitrogen and oxygen atoms in total. The van der Waals surface area contributed by atoms with Crippen molar-refractivity contribution in [3.63, 3.8) is 0 Å². The smallest absolute Gasteiger partial charge is 0.243 e. The van der Waals surface area contributed by atoms with Crippen molar-refractivity contribution in [3.05, 3.63) is 28.2 Å². The molecule has 1 saturated heterocycles. The molecule has 1 fully saturated rings. The van der Waals surface area contributed by atoms with E-state index in [4.69, 9.17) is 28.5 Å². The minimum Gasteiger partial charge on any atom is -0.301 e. The molecule has 0 atom stereocenters. The summed E-state index contributed by atoms with van der Waals surface area (Å²) in [6.07, 6.45) is 2.43. The van der Waals surface area contributed by atoms with Crippen molar-refractivity contribution in [1.29, 1.82) is 5.26 Å². The predicted octanol–water partition coefficient (Wildman–Crippen LogP) is 2.99. The molecule has 0 spiro atoms. The number of nitriles is 1. The molecule has 1 aliphatic heterocycles. The molecule has 1 aliphatic rings. The van der Waals surface area contributed by atoms with Crippen molar-refractivity contribution >= 4 is 33.2 Å². The molecule has 0 aromatic heterocycles. The first kappa shape index (κ1) is 18.5. The Balaban J connectivity index is 1.93. The Morgan fingerprint density at radius 3 is 2.39 bits per heavy atom. The monoisotopic (exact) mass is 375 g/mol. The van der Waals surface area contributed by atoms with Crippen LogP contribution in [0.4, 0.5) is 0 Å². The highest BCUT2D eigenvalue weighted by Gasteiger charge is 2.28. The van der Waals surface area contributed by atoms with Gasteiger partial charge in [0, 0.05) is 32.6 Å². The van der Waals surface area contributed by atoms with Crippen LogP contribution < -0.4 is 0 Å². The van der Waals surface area contributed by atoms with Gasteiger partial charge in [0.25, 0.3) is 0 Å². The van der Waals surface area contributed by atoms with Gasteiger partial charge in [-0.05, 0) is 37.6 Å². The highest BCUT2D eigenvalue weighted by Crippen LogP contribution is 2.27. The van der Waals surface area contributed by atoms with E-state index >= 15 is 0 Å². The van der Waals surface area contributed by atoms with Gasteiger partial charge in [0.05, 0.1) is 21.0 Å². The largest absolute Gasteiger partial charge is 0.301 e. The maximum Gasteiger partial charge on any atom is 0.243 e. The van der Waals surface area contributed by atoms with E-state index in [-0.39, 0.29) is 9.92 Å². The topological polar surface area (TPSA) is 64.4 Å². The fourth-order valence-corrected chi connectivity index (χ4v) is 4.33. The van der Waals surface area contributed by atoms with Crippen LogP contribution in [0.3, 0.4) is 0 Å². The molecule has 0 amide bonds. The molecule has 0 radical (unpaired) electrons. The number of hydrogen-bond donors (Lipinski definition) is 0. The Morgan fingerprint density at radius 1 is 1.09 bits per heavy atom. The van der Waals surface area contributed by atoms with Crippen LogP contribution in [-0.2, 0) is 10.0 Å². The van der Waals surface area contributed by atoms with E-state index in [2.05, 4.69) is 11.0 Å². The molecular formula is C15H19Cl2N3O2S. The average Bonchev–Trinajstić information content (AvgIpc) is 2.54. The number of unbranched alkanes of at least 4 members (excludes halogenated alkanes) is 2. The van der Waals surface area contributed by atoms with E-state index in [1.54, 1.807) is 0 Å². The van der Waals surface area contributed by atoms with Crippen LogP contribution in [0.1, 0.15) is 19.3 Å². The second kappa shape index (κ2) is 8.32. The van der Waals surface area contributed by atoms with Gasteiger partial charge in [-0.15, -0.1) is 0 Å². The van der Waals surface area contributed by atoms with Crippen LogP contribution in [0.2, 0.25) is 10.0 Å². The third-order valence-electron chi connectivity index (χ3n) is 3.87. The Morgan fingerprint density at radius 2 is 1.78 bits per heavy atom. The molecule has 0 N–H and O–H groups in total. The predicted molar refractivity (Wildman–Crippen MR) is 91.1 cm³/mol. The standard InChI is InChI=1S/C15H19Cl2N3O2S/c16-14-5-4-13(12-15(14)17)23(21,22)20-10-8-19(9-11-20)7-3-1-2-6-18/h4-5,12H,1-3,7-11H2. The lowest BCUT2D eigenvalue weighted by Crippen LogP contribution is -2.48. The molecule has 126 valence electrons. The lowest BCUT2D eigenvalue weighted by molar-refractivity contribution is 0.186. The van der Waals surface area contributed by atoms with Crippen molar-refractivity contribution in [1.82, 2.24) is 9.21 Å². The second-order valence-corrected chi connectivity index (χ2v) is 8.19. The van der Waals surface area contributed by atoms with Crippen LogP contribution in [0.15, 0.2) is 23.1 Å². The van der Waals surface area contributed by atoms with Gasteiger partial charge in [-0.3, -0.25) is 0 Å². The molecule has 0 saturated carbocycles. The van der Waals surface area contributed by atoms with Gasteiger partial charge in [-0.1, -0.05) is 23.2 Å². The third kappa shape index (κ3) is 4.82. The highest BCUT2D eigenvalue weighted by molar-refractivity contribution is 7.89. The Labute approximate surface area is 147 Å². The number of halogens is 2. The molecule has 1 heterocycles. The van der Waals surface area contributed by atoms with Crippen LogP contribution in [0.25, 0.3) is 0 Å². The quantitative estimate of drug-likeness (QED) is 0.716. The van der Waals surface area contributed by atoms with E-state index in [0.717, 1.165) is 19.4 Å². The average molecular weight is 376 g/mol. The van der Waals surface area contributed by atoms with Gasteiger partial charge in [-0.2, -0.15) is 9.57 Å². The first-order valence-corrected chi connectivity index (χ1v) is 9.69. The summed E-state index contributed by atoms with van der Waals surface area (Å²) in [5.74, 6) is 0. The molecule has 2 rings (SSSR count). The molecule has 1 aromatic carbocycles. The van der Waals surface area contributed by atoms with E-state index in [0.29, 0.717) is 37.6 Å². The number of piperazine rings is 1. The van der Waals surface area contributed by atoms with E-state index in [1.165, 1.54) is 22.5 Å². The van der Waals surface area contributed by atoms with Crippen molar-refractivity contribution in [2.45, 2.75) is 24.2 Å². The Bertz CT molecular complexity index is 680. The van der Waals surface area contributed by atoms with E-state index in [9.17, 15) is 8.42 Å². The zero-order valence-corrected chi connectivity index (χ0v) is 15.0. The third-order valence-corrected chi connectivity index (χ3v) is 6.51. The summed E-state index contributed by atoms with van der Waals surface area (Å²) in [6.45, 7) is 3.23. The van der Waals surface area contributed by atoms with Crippen LogP contribution in [0.5, 0.6) is 0 Å². The minimum atomic E-state index is -3.53. The van der Waals surface area contributed by atoms with Gasteiger partial charge < -0.3 is 4.90 Å². The summed E-state index contributed by atoms with van der Waals surface area (Å²) in [5.41, 5.74) is 0. The number of hydrogen-bond acceptors (Lipinski definition) is 4. The Kier molecular flexibility index (Phi) is 6.69. The summed E-state index contributed by atoms with van der Waals surface area (Å²) < 4.78 is 26.7. The van der Waals surface area contributed by atoms with Crippen molar-refractivity contribution in [2.24, 2.45) is 0 Å². The van der Waals surface area contributed by atoms with Crippen LogP contribution in [-0.4, -0.2) is 50.3 Å². The summed E-state index contributed by atoms with van der Waals surface area (Å²) in [5, 5.41) is 9.10. The Hall–Kier alpha value is -0.840. The fraction of sp³-hybridized carbons (Fsp3) is 0.533. The SMILES string of the molecule is N#CCCCCN1CCN(S(=O)(=O)c2ccc(Cl)c(Cl)c2)CC1. The van der Waals surface area contributed by atoms with Crippen LogP contribution >= 0.6 is 23.2 Å². The van der Waals surface area contributed by atoms with Gasteiger partial charge in [0.2, 0.25) is 10.0 Å².